The fourth-order valence-electron chi connectivity index (χ4n) is 9.82. The fourth-order valence-corrected chi connectivity index (χ4v) is 9.82. The molecule has 192 valence electrons. The number of benzene rings is 1. The van der Waals surface area contributed by atoms with Crippen molar-refractivity contribution in [2.24, 2.45) is 40.4 Å². The standard InChI is InChI=1S/C32H48N2O/c1-21-20-32(4)27(22(2)33(5)6)15-16-28(32)26-14-13-24-19-25(17-18-31(24,3)29(21)26)34(7)30(35)23-11-9-8-10-12-23/h8-12,22,24-29H,1,13-20H2,2-7H3/t22-,24?,25+,26-,27+,28-,29-,31-,32+/m0/s1. The van der Waals surface area contributed by atoms with Crippen LogP contribution in [0.3, 0.4) is 0 Å². The highest BCUT2D eigenvalue weighted by Gasteiger charge is 2.62. The van der Waals surface area contributed by atoms with E-state index in [9.17, 15) is 4.79 Å². The summed E-state index contributed by atoms with van der Waals surface area (Å²) in [5, 5.41) is 0. The molecular weight excluding hydrogens is 428 g/mol. The molecule has 0 aromatic heterocycles. The van der Waals surface area contributed by atoms with Gasteiger partial charge in [0.15, 0.2) is 0 Å². The molecule has 4 saturated carbocycles. The van der Waals surface area contributed by atoms with Gasteiger partial charge in [0, 0.05) is 24.7 Å². The van der Waals surface area contributed by atoms with Gasteiger partial charge in [-0.15, -0.1) is 0 Å². The van der Waals surface area contributed by atoms with Crippen molar-refractivity contribution >= 4 is 5.91 Å². The van der Waals surface area contributed by atoms with Crippen LogP contribution in [-0.4, -0.2) is 48.9 Å². The topological polar surface area (TPSA) is 23.6 Å². The van der Waals surface area contributed by atoms with Crippen molar-refractivity contribution in [1.29, 1.82) is 0 Å². The van der Waals surface area contributed by atoms with E-state index in [4.69, 9.17) is 6.58 Å². The van der Waals surface area contributed by atoms with E-state index in [1.807, 2.05) is 37.4 Å². The number of hydrogen-bond donors (Lipinski definition) is 0. The zero-order chi connectivity index (χ0) is 25.1. The minimum atomic E-state index is 0.178. The molecule has 0 radical (unpaired) electrons. The highest BCUT2D eigenvalue weighted by atomic mass is 16.2. The first-order valence-corrected chi connectivity index (χ1v) is 14.2. The van der Waals surface area contributed by atoms with Gasteiger partial charge in [0.1, 0.15) is 0 Å². The molecule has 0 spiro atoms. The highest BCUT2D eigenvalue weighted by molar-refractivity contribution is 5.94. The van der Waals surface area contributed by atoms with Gasteiger partial charge in [-0.2, -0.15) is 0 Å². The van der Waals surface area contributed by atoms with Crippen LogP contribution in [-0.2, 0) is 0 Å². The maximum absolute atomic E-state index is 13.2. The van der Waals surface area contributed by atoms with E-state index in [0.717, 1.165) is 36.2 Å². The average Bonchev–Trinajstić information content (AvgIpc) is 3.18. The van der Waals surface area contributed by atoms with Crippen LogP contribution < -0.4 is 0 Å². The largest absolute Gasteiger partial charge is 0.339 e. The van der Waals surface area contributed by atoms with Gasteiger partial charge in [-0.05, 0) is 125 Å². The molecule has 0 aliphatic heterocycles. The van der Waals surface area contributed by atoms with Crippen molar-refractivity contribution < 1.29 is 4.79 Å². The summed E-state index contributed by atoms with van der Waals surface area (Å²) in [6.07, 6.45) is 10.2. The van der Waals surface area contributed by atoms with Gasteiger partial charge >= 0.3 is 0 Å². The molecule has 1 aromatic carbocycles. The quantitative estimate of drug-likeness (QED) is 0.441. The average molecular weight is 477 g/mol. The molecule has 1 amide bonds. The van der Waals surface area contributed by atoms with Gasteiger partial charge in [-0.25, -0.2) is 0 Å². The minimum absolute atomic E-state index is 0.178. The van der Waals surface area contributed by atoms with Crippen LogP contribution in [0, 0.1) is 40.4 Å². The molecule has 0 N–H and O–H groups in total. The lowest BCUT2D eigenvalue weighted by Gasteiger charge is -2.62. The van der Waals surface area contributed by atoms with E-state index in [0.29, 0.717) is 34.7 Å². The maximum atomic E-state index is 13.2. The molecule has 3 heteroatoms. The Hall–Kier alpha value is -1.61. The van der Waals surface area contributed by atoms with Crippen LogP contribution in [0.2, 0.25) is 0 Å². The molecule has 4 fully saturated rings. The Labute approximate surface area is 214 Å². The summed E-state index contributed by atoms with van der Waals surface area (Å²) in [5.41, 5.74) is 3.13. The fraction of sp³-hybridized carbons (Fsp3) is 0.719. The summed E-state index contributed by atoms with van der Waals surface area (Å²) < 4.78 is 0. The molecule has 3 nitrogen and oxygen atoms in total. The van der Waals surface area contributed by atoms with Crippen molar-refractivity contribution in [2.45, 2.75) is 84.2 Å². The Kier molecular flexibility index (Phi) is 6.48. The number of hydrogen-bond acceptors (Lipinski definition) is 2. The van der Waals surface area contributed by atoms with Crippen LogP contribution in [0.5, 0.6) is 0 Å². The molecule has 0 bridgehead atoms. The lowest BCUT2D eigenvalue weighted by Crippen LogP contribution is -2.57. The molecule has 0 heterocycles. The van der Waals surface area contributed by atoms with Crippen molar-refractivity contribution in [2.75, 3.05) is 21.1 Å². The summed E-state index contributed by atoms with van der Waals surface area (Å²) in [4.78, 5) is 17.7. The third-order valence-electron chi connectivity index (χ3n) is 11.8. The van der Waals surface area contributed by atoms with Crippen molar-refractivity contribution in [3.8, 4) is 0 Å². The van der Waals surface area contributed by atoms with Crippen LogP contribution in [0.1, 0.15) is 82.5 Å². The second-order valence-corrected chi connectivity index (χ2v) is 13.5. The molecule has 35 heavy (non-hydrogen) atoms. The van der Waals surface area contributed by atoms with Gasteiger partial charge in [-0.3, -0.25) is 4.79 Å². The number of carbonyl (C=O) groups excluding carboxylic acids is 1. The lowest BCUT2D eigenvalue weighted by atomic mass is 9.43. The SMILES string of the molecule is C=C1C[C@]2(C)[C@@H]([C@H](C)N(C)C)CC[C@H]2[C@@H]2CCC3C[C@H](N(C)C(=O)c4ccccc4)CC[C@]3(C)[C@@H]12. The number of carbonyl (C=O) groups is 1. The smallest absolute Gasteiger partial charge is 0.253 e. The molecule has 4 aliphatic carbocycles. The zero-order valence-electron chi connectivity index (χ0n) is 23.1. The highest BCUT2D eigenvalue weighted by Crippen LogP contribution is 2.69. The second kappa shape index (κ2) is 9.05. The van der Waals surface area contributed by atoms with Gasteiger partial charge in [0.2, 0.25) is 0 Å². The maximum Gasteiger partial charge on any atom is 0.253 e. The van der Waals surface area contributed by atoms with E-state index in [2.05, 4.69) is 44.7 Å². The zero-order valence-corrected chi connectivity index (χ0v) is 23.1. The van der Waals surface area contributed by atoms with Gasteiger partial charge in [0.05, 0.1) is 0 Å². The van der Waals surface area contributed by atoms with E-state index in [1.54, 1.807) is 5.57 Å². The molecular formula is C32H48N2O. The van der Waals surface area contributed by atoms with Crippen LogP contribution in [0.4, 0.5) is 0 Å². The summed E-state index contributed by atoms with van der Waals surface area (Å²) in [6, 6.07) is 10.8. The normalized spacial score (nSPS) is 41.6. The minimum Gasteiger partial charge on any atom is -0.339 e. The van der Waals surface area contributed by atoms with Crippen LogP contribution >= 0.6 is 0 Å². The van der Waals surface area contributed by atoms with Gasteiger partial charge in [0.25, 0.3) is 5.91 Å². The van der Waals surface area contributed by atoms with Gasteiger partial charge < -0.3 is 9.80 Å². The summed E-state index contributed by atoms with van der Waals surface area (Å²) >= 11 is 0. The van der Waals surface area contributed by atoms with E-state index in [1.165, 1.54) is 38.5 Å². The number of allylic oxidation sites excluding steroid dienone is 1. The molecule has 1 unspecified atom stereocenters. The Morgan fingerprint density at radius 1 is 1.00 bits per heavy atom. The Balaban J connectivity index is 1.34. The monoisotopic (exact) mass is 476 g/mol. The first-order chi connectivity index (χ1) is 16.6. The summed E-state index contributed by atoms with van der Waals surface area (Å²) in [5.74, 6) is 3.98. The Morgan fingerprint density at radius 3 is 2.40 bits per heavy atom. The molecule has 4 aliphatic rings. The lowest BCUT2D eigenvalue weighted by molar-refractivity contribution is -0.0944. The predicted molar refractivity (Wildman–Crippen MR) is 145 cm³/mol. The van der Waals surface area contributed by atoms with Crippen molar-refractivity contribution in [3.05, 3.63) is 48.0 Å². The summed E-state index contributed by atoms with van der Waals surface area (Å²) in [7, 11) is 6.54. The molecule has 5 rings (SSSR count). The second-order valence-electron chi connectivity index (χ2n) is 13.5. The van der Waals surface area contributed by atoms with Crippen molar-refractivity contribution in [1.82, 2.24) is 9.80 Å². The van der Waals surface area contributed by atoms with E-state index in [-0.39, 0.29) is 5.91 Å². The third-order valence-corrected chi connectivity index (χ3v) is 11.8. The third kappa shape index (κ3) is 3.92. The molecule has 0 saturated heterocycles. The Morgan fingerprint density at radius 2 is 1.71 bits per heavy atom. The summed E-state index contributed by atoms with van der Waals surface area (Å²) in [6.45, 7) is 12.5. The van der Waals surface area contributed by atoms with Crippen LogP contribution in [0.25, 0.3) is 0 Å². The number of fused-ring (bicyclic) bond motifs is 5. The van der Waals surface area contributed by atoms with Crippen molar-refractivity contribution in [3.63, 3.8) is 0 Å². The number of amides is 1. The van der Waals surface area contributed by atoms with Gasteiger partial charge in [-0.1, -0.05) is 44.2 Å². The first-order valence-electron chi connectivity index (χ1n) is 14.2. The first kappa shape index (κ1) is 25.1. The number of nitrogens with zero attached hydrogens (tertiary/aromatic N) is 2. The number of rotatable bonds is 4. The molecule has 1 aromatic rings. The van der Waals surface area contributed by atoms with Crippen LogP contribution in [0.15, 0.2) is 42.5 Å². The van der Waals surface area contributed by atoms with E-state index >= 15 is 0 Å². The molecule has 9 atom stereocenters. The predicted octanol–water partition coefficient (Wildman–Crippen LogP) is 6.90. The Bertz CT molecular complexity index is 956. The van der Waals surface area contributed by atoms with E-state index < -0.39 is 0 Å².